The molecule has 7 heteroatoms. The zero-order valence-electron chi connectivity index (χ0n) is 9.66. The van der Waals surface area contributed by atoms with Crippen molar-refractivity contribution in [1.29, 1.82) is 0 Å². The number of rotatable bonds is 4. The molecule has 0 saturated heterocycles. The Labute approximate surface area is 125 Å². The van der Waals surface area contributed by atoms with Gasteiger partial charge in [0.2, 0.25) is 0 Å². The average Bonchev–Trinajstić information content (AvgIpc) is 2.37. The Morgan fingerprint density at radius 1 is 1.16 bits per heavy atom. The first-order chi connectivity index (χ1) is 9.10. The van der Waals surface area contributed by atoms with E-state index in [1.165, 1.54) is 0 Å². The zero-order chi connectivity index (χ0) is 13.8. The number of hydrogen-bond donors (Lipinski definition) is 2. The summed E-state index contributed by atoms with van der Waals surface area (Å²) in [5, 5.41) is 1.16. The van der Waals surface area contributed by atoms with Crippen LogP contribution in [-0.4, -0.2) is 4.98 Å². The molecule has 0 aliphatic carbocycles. The highest BCUT2D eigenvalue weighted by molar-refractivity contribution is 6.40. The molecule has 1 heterocycles. The molecule has 2 aromatic rings. The molecule has 2 rings (SSSR count). The van der Waals surface area contributed by atoms with Gasteiger partial charge in [-0.1, -0.05) is 34.8 Å². The predicted molar refractivity (Wildman–Crippen MR) is 77.9 cm³/mol. The van der Waals surface area contributed by atoms with E-state index in [2.05, 4.69) is 10.4 Å². The van der Waals surface area contributed by atoms with E-state index in [-0.39, 0.29) is 6.61 Å². The number of pyridine rings is 1. The van der Waals surface area contributed by atoms with Crippen LogP contribution in [0.2, 0.25) is 15.1 Å². The minimum Gasteiger partial charge on any atom is -0.484 e. The second kappa shape index (κ2) is 6.30. The highest BCUT2D eigenvalue weighted by Gasteiger charge is 2.09. The average molecular weight is 319 g/mol. The lowest BCUT2D eigenvalue weighted by molar-refractivity contribution is 0.302. The van der Waals surface area contributed by atoms with Crippen molar-refractivity contribution in [3.8, 4) is 5.75 Å². The molecule has 19 heavy (non-hydrogen) atoms. The van der Waals surface area contributed by atoms with Gasteiger partial charge in [-0.05, 0) is 24.3 Å². The fraction of sp³-hybridized carbons (Fsp3) is 0.0833. The lowest BCUT2D eigenvalue weighted by atomic mass is 10.3. The predicted octanol–water partition coefficient (Wildman–Crippen LogP) is 3.91. The van der Waals surface area contributed by atoms with Gasteiger partial charge in [0, 0.05) is 11.2 Å². The highest BCUT2D eigenvalue weighted by Crippen LogP contribution is 2.36. The molecule has 3 N–H and O–H groups in total. The zero-order valence-corrected chi connectivity index (χ0v) is 11.9. The Morgan fingerprint density at radius 2 is 1.84 bits per heavy atom. The van der Waals surface area contributed by atoms with Crippen molar-refractivity contribution >= 4 is 40.5 Å². The molecule has 0 bridgehead atoms. The van der Waals surface area contributed by atoms with Crippen LogP contribution >= 0.6 is 34.8 Å². The fourth-order valence-electron chi connectivity index (χ4n) is 1.46. The van der Waals surface area contributed by atoms with Gasteiger partial charge in [0.05, 0.1) is 21.4 Å². The van der Waals surface area contributed by atoms with Crippen LogP contribution in [0.15, 0.2) is 30.5 Å². The lowest BCUT2D eigenvalue weighted by Gasteiger charge is -2.10. The number of aromatic nitrogens is 1. The molecule has 4 nitrogen and oxygen atoms in total. The molecule has 0 aliphatic rings. The third-order valence-corrected chi connectivity index (χ3v) is 3.09. The van der Waals surface area contributed by atoms with Gasteiger partial charge >= 0.3 is 0 Å². The van der Waals surface area contributed by atoms with E-state index in [0.717, 1.165) is 5.69 Å². The standard InChI is InChI=1S/C12H10Cl3N3O/c13-7-3-10(14)12(11(15)4-7)19-6-9-5-8(18-16)1-2-17-9/h1-5H,6,16H2,(H,17,18). The molecule has 1 aromatic heterocycles. The summed E-state index contributed by atoms with van der Waals surface area (Å²) >= 11 is 17.8. The van der Waals surface area contributed by atoms with Crippen molar-refractivity contribution in [3.63, 3.8) is 0 Å². The quantitative estimate of drug-likeness (QED) is 0.663. The molecule has 0 amide bonds. The monoisotopic (exact) mass is 317 g/mol. The number of ether oxygens (including phenoxy) is 1. The van der Waals surface area contributed by atoms with E-state index in [9.17, 15) is 0 Å². The Balaban J connectivity index is 2.14. The number of benzene rings is 1. The first-order valence-corrected chi connectivity index (χ1v) is 6.42. The Hall–Kier alpha value is -1.20. The molecule has 1 aromatic carbocycles. The largest absolute Gasteiger partial charge is 0.484 e. The maximum absolute atomic E-state index is 6.01. The third kappa shape index (κ3) is 3.64. The van der Waals surface area contributed by atoms with Crippen molar-refractivity contribution in [2.75, 3.05) is 5.43 Å². The summed E-state index contributed by atoms with van der Waals surface area (Å²) in [6, 6.07) is 6.63. The van der Waals surface area contributed by atoms with E-state index in [0.29, 0.717) is 26.5 Å². The normalized spacial score (nSPS) is 10.3. The van der Waals surface area contributed by atoms with Crippen LogP contribution in [0.4, 0.5) is 5.69 Å². The molecule has 0 fully saturated rings. The van der Waals surface area contributed by atoms with Crippen LogP contribution in [-0.2, 0) is 6.61 Å². The lowest BCUT2D eigenvalue weighted by Crippen LogP contribution is -2.08. The van der Waals surface area contributed by atoms with Crippen molar-refractivity contribution in [3.05, 3.63) is 51.2 Å². The van der Waals surface area contributed by atoms with Gasteiger partial charge in [0.25, 0.3) is 0 Å². The van der Waals surface area contributed by atoms with Crippen LogP contribution in [0, 0.1) is 0 Å². The molecule has 100 valence electrons. The van der Waals surface area contributed by atoms with E-state index in [4.69, 9.17) is 45.4 Å². The Morgan fingerprint density at radius 3 is 2.47 bits per heavy atom. The molecular weight excluding hydrogens is 309 g/mol. The SMILES string of the molecule is NNc1ccnc(COc2c(Cl)cc(Cl)cc2Cl)c1. The number of halogens is 3. The number of hydrogen-bond acceptors (Lipinski definition) is 4. The van der Waals surface area contributed by atoms with Crippen LogP contribution in [0.1, 0.15) is 5.69 Å². The molecular formula is C12H10Cl3N3O. The van der Waals surface area contributed by atoms with Crippen molar-refractivity contribution in [2.24, 2.45) is 5.84 Å². The van der Waals surface area contributed by atoms with Crippen LogP contribution < -0.4 is 16.0 Å². The number of hydrazine groups is 1. The van der Waals surface area contributed by atoms with Gasteiger partial charge in [0.1, 0.15) is 6.61 Å². The van der Waals surface area contributed by atoms with E-state index >= 15 is 0 Å². The Bertz CT molecular complexity index is 569. The minimum atomic E-state index is 0.219. The first kappa shape index (κ1) is 14.2. The second-order valence-corrected chi connectivity index (χ2v) is 4.92. The summed E-state index contributed by atoms with van der Waals surface area (Å²) in [4.78, 5) is 4.15. The summed E-state index contributed by atoms with van der Waals surface area (Å²) in [7, 11) is 0. The summed E-state index contributed by atoms with van der Waals surface area (Å²) in [5.41, 5.74) is 3.96. The van der Waals surface area contributed by atoms with E-state index in [1.807, 2.05) is 0 Å². The number of nitrogens with zero attached hydrogens (tertiary/aromatic N) is 1. The van der Waals surface area contributed by atoms with E-state index < -0.39 is 0 Å². The van der Waals surface area contributed by atoms with Gasteiger partial charge in [0.15, 0.2) is 5.75 Å². The topological polar surface area (TPSA) is 60.2 Å². The fourth-order valence-corrected chi connectivity index (χ4v) is 2.39. The third-order valence-electron chi connectivity index (χ3n) is 2.31. The maximum Gasteiger partial charge on any atom is 0.157 e. The highest BCUT2D eigenvalue weighted by atomic mass is 35.5. The summed E-state index contributed by atoms with van der Waals surface area (Å²) in [6.45, 7) is 0.219. The number of anilines is 1. The van der Waals surface area contributed by atoms with Gasteiger partial charge in [-0.3, -0.25) is 10.8 Å². The Kier molecular flexibility index (Phi) is 4.71. The van der Waals surface area contributed by atoms with Crippen molar-refractivity contribution < 1.29 is 4.74 Å². The second-order valence-electron chi connectivity index (χ2n) is 3.67. The molecule has 0 aliphatic heterocycles. The van der Waals surface area contributed by atoms with Crippen molar-refractivity contribution in [2.45, 2.75) is 6.61 Å². The van der Waals surface area contributed by atoms with E-state index in [1.54, 1.807) is 30.5 Å². The minimum absolute atomic E-state index is 0.219. The van der Waals surface area contributed by atoms with Gasteiger partial charge < -0.3 is 10.2 Å². The van der Waals surface area contributed by atoms with Gasteiger partial charge in [-0.2, -0.15) is 0 Å². The molecule has 0 spiro atoms. The van der Waals surface area contributed by atoms with Crippen LogP contribution in [0.25, 0.3) is 0 Å². The van der Waals surface area contributed by atoms with Gasteiger partial charge in [-0.15, -0.1) is 0 Å². The molecule has 0 saturated carbocycles. The maximum atomic E-state index is 6.01. The van der Waals surface area contributed by atoms with Crippen LogP contribution in [0.3, 0.4) is 0 Å². The first-order valence-electron chi connectivity index (χ1n) is 5.29. The molecule has 0 unspecified atom stereocenters. The van der Waals surface area contributed by atoms with Crippen LogP contribution in [0.5, 0.6) is 5.75 Å². The number of nitrogens with two attached hydrogens (primary N) is 1. The summed E-state index contributed by atoms with van der Waals surface area (Å²) in [5.74, 6) is 5.69. The summed E-state index contributed by atoms with van der Waals surface area (Å²) in [6.07, 6.45) is 1.62. The van der Waals surface area contributed by atoms with Gasteiger partial charge in [-0.25, -0.2) is 0 Å². The van der Waals surface area contributed by atoms with Crippen molar-refractivity contribution in [1.82, 2.24) is 4.98 Å². The molecule has 0 atom stereocenters. The number of nitrogens with one attached hydrogen (secondary N) is 1. The molecule has 0 radical (unpaired) electrons. The summed E-state index contributed by atoms with van der Waals surface area (Å²) < 4.78 is 5.55. The number of nitrogen functional groups attached to an aromatic ring is 1. The smallest absolute Gasteiger partial charge is 0.157 e.